The molecule has 4 nitrogen and oxygen atoms in total. The van der Waals surface area contributed by atoms with E-state index in [0.717, 1.165) is 16.8 Å². The first-order chi connectivity index (χ1) is 10.3. The number of nitrogens with zero attached hydrogens (tertiary/aromatic N) is 3. The molecule has 0 bridgehead atoms. The minimum absolute atomic E-state index is 0.140. The highest BCUT2D eigenvalue weighted by Gasteiger charge is 2.32. The van der Waals surface area contributed by atoms with E-state index in [4.69, 9.17) is 0 Å². The topological polar surface area (TPSA) is 45.0 Å². The fraction of sp³-hybridized carbons (Fsp3) is 0.0625. The third kappa shape index (κ3) is 2.55. The minimum atomic E-state index is -0.140. The van der Waals surface area contributed by atoms with E-state index in [1.165, 1.54) is 0 Å². The first-order valence-corrected chi connectivity index (χ1v) is 7.41. The van der Waals surface area contributed by atoms with Crippen molar-refractivity contribution >= 4 is 34.9 Å². The second-order valence-corrected chi connectivity index (χ2v) is 5.25. The van der Waals surface area contributed by atoms with Gasteiger partial charge >= 0.3 is 0 Å². The van der Waals surface area contributed by atoms with Crippen molar-refractivity contribution in [3.05, 3.63) is 64.9 Å². The van der Waals surface area contributed by atoms with Gasteiger partial charge in [0, 0.05) is 17.7 Å². The number of thiophene rings is 1. The molecule has 2 aromatic rings. The smallest absolute Gasteiger partial charge is 0.279 e. The van der Waals surface area contributed by atoms with E-state index in [0.29, 0.717) is 12.3 Å². The number of hydrogen-bond donors (Lipinski definition) is 0. The number of rotatable bonds is 4. The maximum Gasteiger partial charge on any atom is 0.279 e. The molecule has 0 N–H and O–H groups in total. The molecule has 0 fully saturated rings. The molecule has 0 radical (unpaired) electrons. The number of para-hydroxylation sites is 1. The standard InChI is InChI=1S/C16H13N3OS/c1-2-8-19-14-6-4-3-5-13(14)15(16(19)20)18-17-10-12-7-9-21-11-12/h2-7,9-11H,1,8H2/b17-10-,18-15+. The van der Waals surface area contributed by atoms with Gasteiger partial charge in [-0.15, -0.1) is 11.7 Å². The number of amides is 1. The van der Waals surface area contributed by atoms with Crippen LogP contribution in [0.1, 0.15) is 11.1 Å². The zero-order chi connectivity index (χ0) is 14.7. The van der Waals surface area contributed by atoms with Gasteiger partial charge in [-0.25, -0.2) is 0 Å². The van der Waals surface area contributed by atoms with Crippen LogP contribution in [0.15, 0.2) is 63.9 Å². The lowest BCUT2D eigenvalue weighted by molar-refractivity contribution is -0.112. The lowest BCUT2D eigenvalue weighted by atomic mass is 10.1. The van der Waals surface area contributed by atoms with Gasteiger partial charge in [0.2, 0.25) is 0 Å². The third-order valence-electron chi connectivity index (χ3n) is 3.12. The van der Waals surface area contributed by atoms with Crippen molar-refractivity contribution in [1.29, 1.82) is 0 Å². The van der Waals surface area contributed by atoms with Gasteiger partial charge in [-0.05, 0) is 22.9 Å². The molecule has 0 saturated carbocycles. The van der Waals surface area contributed by atoms with Crippen LogP contribution in [0, 0.1) is 0 Å². The van der Waals surface area contributed by atoms with Gasteiger partial charge in [-0.1, -0.05) is 24.3 Å². The van der Waals surface area contributed by atoms with Gasteiger partial charge in [0.25, 0.3) is 5.91 Å². The highest BCUT2D eigenvalue weighted by Crippen LogP contribution is 2.28. The van der Waals surface area contributed by atoms with Crippen molar-refractivity contribution in [2.75, 3.05) is 11.4 Å². The monoisotopic (exact) mass is 295 g/mol. The van der Waals surface area contributed by atoms with Crippen LogP contribution in [0.3, 0.4) is 0 Å². The Kier molecular flexibility index (Phi) is 3.75. The number of carbonyl (C=O) groups excluding carboxylic acids is 1. The molecule has 104 valence electrons. The highest BCUT2D eigenvalue weighted by molar-refractivity contribution is 7.08. The SMILES string of the molecule is C=CCN1C(=O)/C(=N/N=C\c2ccsc2)c2ccccc21. The summed E-state index contributed by atoms with van der Waals surface area (Å²) in [4.78, 5) is 14.1. The van der Waals surface area contributed by atoms with E-state index in [2.05, 4.69) is 16.8 Å². The van der Waals surface area contributed by atoms with E-state index < -0.39 is 0 Å². The zero-order valence-corrected chi connectivity index (χ0v) is 12.1. The van der Waals surface area contributed by atoms with Gasteiger partial charge in [0.05, 0.1) is 11.9 Å². The van der Waals surface area contributed by atoms with Gasteiger partial charge in [0.1, 0.15) is 0 Å². The van der Waals surface area contributed by atoms with E-state index in [1.807, 2.05) is 41.1 Å². The zero-order valence-electron chi connectivity index (χ0n) is 11.3. The minimum Gasteiger partial charge on any atom is -0.302 e. The predicted molar refractivity (Wildman–Crippen MR) is 87.4 cm³/mol. The number of hydrogen-bond acceptors (Lipinski definition) is 4. The molecule has 1 aliphatic heterocycles. The molecular weight excluding hydrogens is 282 g/mol. The first-order valence-electron chi connectivity index (χ1n) is 6.46. The second-order valence-electron chi connectivity index (χ2n) is 4.47. The molecule has 2 heterocycles. The van der Waals surface area contributed by atoms with Gasteiger partial charge in [-0.3, -0.25) is 4.79 Å². The molecule has 21 heavy (non-hydrogen) atoms. The summed E-state index contributed by atoms with van der Waals surface area (Å²) >= 11 is 1.59. The van der Waals surface area contributed by atoms with Gasteiger partial charge in [0.15, 0.2) is 5.71 Å². The average Bonchev–Trinajstić information content (AvgIpc) is 3.10. The Balaban J connectivity index is 1.95. The number of fused-ring (bicyclic) bond motifs is 1. The highest BCUT2D eigenvalue weighted by atomic mass is 32.1. The summed E-state index contributed by atoms with van der Waals surface area (Å²) in [6.07, 6.45) is 3.35. The van der Waals surface area contributed by atoms with Crippen molar-refractivity contribution in [3.63, 3.8) is 0 Å². The molecule has 0 aliphatic carbocycles. The van der Waals surface area contributed by atoms with Crippen molar-refractivity contribution < 1.29 is 4.79 Å². The van der Waals surface area contributed by atoms with Crippen LogP contribution in [0.4, 0.5) is 5.69 Å². The van der Waals surface area contributed by atoms with E-state index in [9.17, 15) is 4.79 Å². The molecular formula is C16H13N3OS. The molecule has 0 spiro atoms. The Morgan fingerprint density at radius 3 is 2.90 bits per heavy atom. The summed E-state index contributed by atoms with van der Waals surface area (Å²) in [5.74, 6) is -0.140. The van der Waals surface area contributed by atoms with Gasteiger partial charge in [-0.2, -0.15) is 16.4 Å². The van der Waals surface area contributed by atoms with Crippen molar-refractivity contribution in [2.45, 2.75) is 0 Å². The molecule has 1 aromatic heterocycles. The summed E-state index contributed by atoms with van der Waals surface area (Å²) in [5.41, 5.74) is 3.02. The molecule has 1 amide bonds. The van der Waals surface area contributed by atoms with Crippen LogP contribution >= 0.6 is 11.3 Å². The van der Waals surface area contributed by atoms with Gasteiger partial charge < -0.3 is 4.90 Å². The Bertz CT molecular complexity index is 732. The second kappa shape index (κ2) is 5.85. The predicted octanol–water partition coefficient (Wildman–Crippen LogP) is 3.10. The molecule has 0 unspecified atom stereocenters. The molecule has 5 heteroatoms. The van der Waals surface area contributed by atoms with Crippen molar-refractivity contribution in [3.8, 4) is 0 Å². The summed E-state index contributed by atoms with van der Waals surface area (Å²) in [5, 5.41) is 12.1. The maximum atomic E-state index is 12.4. The Labute approximate surface area is 126 Å². The molecule has 0 saturated heterocycles. The van der Waals surface area contributed by atoms with Crippen LogP contribution in [0.2, 0.25) is 0 Å². The van der Waals surface area contributed by atoms with E-state index >= 15 is 0 Å². The fourth-order valence-electron chi connectivity index (χ4n) is 2.17. The number of carbonyl (C=O) groups is 1. The van der Waals surface area contributed by atoms with Crippen LogP contribution in [-0.4, -0.2) is 24.4 Å². The van der Waals surface area contributed by atoms with Crippen molar-refractivity contribution in [2.24, 2.45) is 10.2 Å². The van der Waals surface area contributed by atoms with Crippen LogP contribution in [0.5, 0.6) is 0 Å². The van der Waals surface area contributed by atoms with Crippen LogP contribution in [-0.2, 0) is 4.79 Å². The van der Waals surface area contributed by atoms with E-state index in [1.54, 1.807) is 28.5 Å². The summed E-state index contributed by atoms with van der Waals surface area (Å²) in [6, 6.07) is 9.53. The average molecular weight is 295 g/mol. The summed E-state index contributed by atoms with van der Waals surface area (Å²) in [7, 11) is 0. The Hall–Kier alpha value is -2.53. The van der Waals surface area contributed by atoms with Crippen LogP contribution < -0.4 is 4.90 Å². The first kappa shape index (κ1) is 13.5. The normalized spacial score (nSPS) is 15.9. The number of benzene rings is 1. The lowest BCUT2D eigenvalue weighted by Crippen LogP contribution is -2.30. The lowest BCUT2D eigenvalue weighted by Gasteiger charge is -2.13. The number of anilines is 1. The van der Waals surface area contributed by atoms with E-state index in [-0.39, 0.29) is 5.91 Å². The Morgan fingerprint density at radius 2 is 2.14 bits per heavy atom. The molecule has 0 atom stereocenters. The van der Waals surface area contributed by atoms with Crippen LogP contribution in [0.25, 0.3) is 0 Å². The third-order valence-corrected chi connectivity index (χ3v) is 3.82. The largest absolute Gasteiger partial charge is 0.302 e. The Morgan fingerprint density at radius 1 is 1.29 bits per heavy atom. The summed E-state index contributed by atoms with van der Waals surface area (Å²) < 4.78 is 0. The van der Waals surface area contributed by atoms with Crippen molar-refractivity contribution in [1.82, 2.24) is 0 Å². The molecule has 1 aromatic carbocycles. The maximum absolute atomic E-state index is 12.4. The fourth-order valence-corrected chi connectivity index (χ4v) is 2.78. The quantitative estimate of drug-likeness (QED) is 0.485. The summed E-state index contributed by atoms with van der Waals surface area (Å²) in [6.45, 7) is 4.15. The molecule has 3 rings (SSSR count). The molecule has 1 aliphatic rings.